The van der Waals surface area contributed by atoms with Crippen LogP contribution in [0.25, 0.3) is 0 Å². The van der Waals surface area contributed by atoms with Gasteiger partial charge < -0.3 is 5.73 Å². The number of hydrogen-bond acceptors (Lipinski definition) is 4. The van der Waals surface area contributed by atoms with Gasteiger partial charge >= 0.3 is 0 Å². The van der Waals surface area contributed by atoms with Gasteiger partial charge in [-0.05, 0) is 25.6 Å². The van der Waals surface area contributed by atoms with E-state index in [4.69, 9.17) is 17.3 Å². The Morgan fingerprint density at radius 2 is 1.95 bits per heavy atom. The van der Waals surface area contributed by atoms with Crippen LogP contribution in [0.5, 0.6) is 0 Å². The Balaban J connectivity index is 2.59. The van der Waals surface area contributed by atoms with Crippen LogP contribution in [-0.4, -0.2) is 44.3 Å². The molecule has 21 heavy (non-hydrogen) atoms. The van der Waals surface area contributed by atoms with E-state index in [9.17, 15) is 13.2 Å². The summed E-state index contributed by atoms with van der Waals surface area (Å²) in [6.07, 6.45) is -0.133. The van der Waals surface area contributed by atoms with Crippen molar-refractivity contribution in [2.45, 2.75) is 19.4 Å². The minimum atomic E-state index is -3.27. The van der Waals surface area contributed by atoms with Crippen LogP contribution in [-0.2, 0) is 14.6 Å². The minimum absolute atomic E-state index is 0.00467. The first-order chi connectivity index (χ1) is 9.73. The Morgan fingerprint density at radius 1 is 1.33 bits per heavy atom. The van der Waals surface area contributed by atoms with E-state index in [2.05, 4.69) is 0 Å². The molecule has 0 aliphatic heterocycles. The number of amides is 1. The lowest BCUT2D eigenvalue weighted by Crippen LogP contribution is -2.30. The van der Waals surface area contributed by atoms with Gasteiger partial charge in [0.15, 0.2) is 9.84 Å². The number of carbonyl (C=O) groups is 1. The molecule has 1 rings (SSSR count). The molecule has 0 radical (unpaired) electrons. The summed E-state index contributed by atoms with van der Waals surface area (Å²) >= 11 is 6.14. The van der Waals surface area contributed by atoms with Crippen molar-refractivity contribution in [3.63, 3.8) is 0 Å². The molecule has 5 nitrogen and oxygen atoms in total. The number of carbonyl (C=O) groups excluding carboxylic acids is 1. The fraction of sp³-hybridized carbons (Fsp3) is 0.500. The molecule has 0 fully saturated rings. The fourth-order valence-corrected chi connectivity index (χ4v) is 3.46. The van der Waals surface area contributed by atoms with E-state index >= 15 is 0 Å². The fourth-order valence-electron chi connectivity index (χ4n) is 1.89. The second kappa shape index (κ2) is 7.77. The van der Waals surface area contributed by atoms with Crippen LogP contribution in [0.3, 0.4) is 0 Å². The van der Waals surface area contributed by atoms with Crippen LogP contribution >= 0.6 is 11.6 Å². The molecule has 1 aromatic rings. The molecular weight excluding hydrogens is 312 g/mol. The lowest BCUT2D eigenvalue weighted by molar-refractivity contribution is -0.117. The van der Waals surface area contributed by atoms with E-state index in [1.807, 2.05) is 43.1 Å². The van der Waals surface area contributed by atoms with Crippen molar-refractivity contribution in [1.29, 1.82) is 0 Å². The second-order valence-electron chi connectivity index (χ2n) is 5.05. The monoisotopic (exact) mass is 332 g/mol. The second-order valence-corrected chi connectivity index (χ2v) is 7.76. The van der Waals surface area contributed by atoms with Gasteiger partial charge in [-0.2, -0.15) is 0 Å². The van der Waals surface area contributed by atoms with Crippen molar-refractivity contribution >= 4 is 27.3 Å². The molecule has 0 aliphatic rings. The Bertz CT molecular complexity index is 590. The van der Waals surface area contributed by atoms with Crippen molar-refractivity contribution in [2.24, 2.45) is 5.73 Å². The van der Waals surface area contributed by atoms with Gasteiger partial charge in [-0.25, -0.2) is 8.42 Å². The van der Waals surface area contributed by atoms with E-state index < -0.39 is 15.7 Å². The summed E-state index contributed by atoms with van der Waals surface area (Å²) in [5.41, 5.74) is 5.92. The molecule has 118 valence electrons. The third-order valence-electron chi connectivity index (χ3n) is 3.43. The maximum Gasteiger partial charge on any atom is 0.218 e. The zero-order valence-electron chi connectivity index (χ0n) is 12.3. The van der Waals surface area contributed by atoms with Crippen LogP contribution < -0.4 is 5.73 Å². The summed E-state index contributed by atoms with van der Waals surface area (Å²) in [6.45, 7) is 2.34. The van der Waals surface area contributed by atoms with Gasteiger partial charge in [0.25, 0.3) is 0 Å². The van der Waals surface area contributed by atoms with Gasteiger partial charge in [0.2, 0.25) is 5.91 Å². The summed E-state index contributed by atoms with van der Waals surface area (Å²) < 4.78 is 23.6. The number of nitrogens with zero attached hydrogens (tertiary/aromatic N) is 1. The molecule has 0 spiro atoms. The Hall–Kier alpha value is -1.11. The maximum absolute atomic E-state index is 11.8. The van der Waals surface area contributed by atoms with Crippen molar-refractivity contribution in [3.05, 3.63) is 34.9 Å². The van der Waals surface area contributed by atoms with E-state index in [0.717, 1.165) is 5.56 Å². The van der Waals surface area contributed by atoms with Gasteiger partial charge in [-0.1, -0.05) is 29.8 Å². The van der Waals surface area contributed by atoms with Gasteiger partial charge in [-0.3, -0.25) is 9.69 Å². The van der Waals surface area contributed by atoms with E-state index in [1.54, 1.807) is 0 Å². The Labute approximate surface area is 131 Å². The summed E-state index contributed by atoms with van der Waals surface area (Å²) in [5.74, 6) is -0.807. The predicted octanol–water partition coefficient (Wildman–Crippen LogP) is 1.62. The van der Waals surface area contributed by atoms with E-state index in [1.165, 1.54) is 0 Å². The van der Waals surface area contributed by atoms with E-state index in [0.29, 0.717) is 11.6 Å². The highest BCUT2D eigenvalue weighted by atomic mass is 35.5. The normalized spacial score (nSPS) is 13.3. The van der Waals surface area contributed by atoms with Crippen LogP contribution in [0.4, 0.5) is 0 Å². The summed E-state index contributed by atoms with van der Waals surface area (Å²) in [7, 11) is -1.43. The predicted molar refractivity (Wildman–Crippen MR) is 85.0 cm³/mol. The highest BCUT2D eigenvalue weighted by Crippen LogP contribution is 2.25. The zero-order valence-corrected chi connectivity index (χ0v) is 13.8. The number of nitrogens with two attached hydrogens (primary N) is 1. The van der Waals surface area contributed by atoms with E-state index in [-0.39, 0.29) is 24.0 Å². The van der Waals surface area contributed by atoms with Crippen molar-refractivity contribution in [2.75, 3.05) is 25.1 Å². The third-order valence-corrected chi connectivity index (χ3v) is 5.41. The SMILES string of the molecule is CC(c1ccccc1Cl)N(C)CCS(=O)(=O)CCC(N)=O. The first-order valence-corrected chi connectivity index (χ1v) is 8.86. The van der Waals surface area contributed by atoms with Gasteiger partial charge in [0.1, 0.15) is 0 Å². The largest absolute Gasteiger partial charge is 0.370 e. The summed E-state index contributed by atoms with van der Waals surface area (Å²) in [4.78, 5) is 12.6. The molecule has 1 amide bonds. The zero-order chi connectivity index (χ0) is 16.0. The quantitative estimate of drug-likeness (QED) is 0.784. The van der Waals surface area contributed by atoms with Crippen LogP contribution in [0.1, 0.15) is 24.9 Å². The van der Waals surface area contributed by atoms with Crippen LogP contribution in [0, 0.1) is 0 Å². The average molecular weight is 333 g/mol. The van der Waals surface area contributed by atoms with Crippen molar-refractivity contribution in [1.82, 2.24) is 4.90 Å². The molecule has 1 atom stereocenters. The molecule has 0 aromatic heterocycles. The van der Waals surface area contributed by atoms with Crippen molar-refractivity contribution < 1.29 is 13.2 Å². The molecular formula is C14H21ClN2O3S. The molecule has 0 bridgehead atoms. The van der Waals surface area contributed by atoms with Crippen LogP contribution in [0.2, 0.25) is 5.02 Å². The highest BCUT2D eigenvalue weighted by molar-refractivity contribution is 7.91. The number of rotatable bonds is 8. The number of primary amides is 1. The minimum Gasteiger partial charge on any atom is -0.370 e. The maximum atomic E-state index is 11.8. The third kappa shape index (κ3) is 6.03. The lowest BCUT2D eigenvalue weighted by atomic mass is 10.1. The highest BCUT2D eigenvalue weighted by Gasteiger charge is 2.18. The molecule has 1 aromatic carbocycles. The molecule has 2 N–H and O–H groups in total. The molecule has 0 heterocycles. The molecule has 7 heteroatoms. The smallest absolute Gasteiger partial charge is 0.218 e. The lowest BCUT2D eigenvalue weighted by Gasteiger charge is -2.25. The first-order valence-electron chi connectivity index (χ1n) is 6.66. The first kappa shape index (κ1) is 17.9. The molecule has 0 aliphatic carbocycles. The summed E-state index contributed by atoms with van der Waals surface area (Å²) in [6, 6.07) is 7.49. The number of sulfone groups is 1. The van der Waals surface area contributed by atoms with Crippen molar-refractivity contribution in [3.8, 4) is 0 Å². The standard InChI is InChI=1S/C14H21ClN2O3S/c1-11(12-5-3-4-6-13(12)15)17(2)8-10-21(19,20)9-7-14(16)18/h3-6,11H,7-10H2,1-2H3,(H2,16,18). The Kier molecular flexibility index (Phi) is 6.64. The Morgan fingerprint density at radius 3 is 2.52 bits per heavy atom. The number of hydrogen-bond donors (Lipinski definition) is 1. The van der Waals surface area contributed by atoms with Crippen LogP contribution in [0.15, 0.2) is 24.3 Å². The molecule has 1 unspecified atom stereocenters. The van der Waals surface area contributed by atoms with Gasteiger partial charge in [0, 0.05) is 24.0 Å². The molecule has 0 saturated heterocycles. The summed E-state index contributed by atoms with van der Waals surface area (Å²) in [5, 5.41) is 0.661. The topological polar surface area (TPSA) is 80.5 Å². The number of halogens is 1. The average Bonchev–Trinajstić information content (AvgIpc) is 2.42. The van der Waals surface area contributed by atoms with Gasteiger partial charge in [-0.15, -0.1) is 0 Å². The number of benzene rings is 1. The molecule has 0 saturated carbocycles. The van der Waals surface area contributed by atoms with Gasteiger partial charge in [0.05, 0.1) is 11.5 Å².